The van der Waals surface area contributed by atoms with Gasteiger partial charge >= 0.3 is 6.03 Å². The van der Waals surface area contributed by atoms with Crippen LogP contribution in [0.2, 0.25) is 0 Å². The third-order valence-corrected chi connectivity index (χ3v) is 2.25. The molecule has 0 radical (unpaired) electrons. The van der Waals surface area contributed by atoms with E-state index >= 15 is 0 Å². The predicted octanol–water partition coefficient (Wildman–Crippen LogP) is 1.50. The molecule has 1 fully saturated rings. The molecule has 0 spiro atoms. The van der Waals surface area contributed by atoms with Gasteiger partial charge in [0.1, 0.15) is 5.82 Å². The lowest BCUT2D eigenvalue weighted by Crippen LogP contribution is -2.50. The van der Waals surface area contributed by atoms with Gasteiger partial charge < -0.3 is 5.32 Å². The Morgan fingerprint density at radius 2 is 2.21 bits per heavy atom. The van der Waals surface area contributed by atoms with Crippen molar-refractivity contribution in [1.29, 1.82) is 0 Å². The standard InChI is InChI=1S/C13H18N4O2/c1-4-5-7-14-11(9-15-10(2)3)17-8-6-12(18)16-13(17)19/h4-5,7,9,14H,1,6,8H2,2-3H3,(H,16,18,19)/b7-5-,11-9+. The number of allylic oxidation sites excluding steroid dienone is 2. The fraction of sp³-hybridized carbons (Fsp3) is 0.308. The second-order valence-electron chi connectivity index (χ2n) is 4.08. The summed E-state index contributed by atoms with van der Waals surface area (Å²) in [6, 6.07) is -0.453. The number of rotatable bonds is 5. The van der Waals surface area contributed by atoms with Crippen LogP contribution in [0, 0.1) is 0 Å². The molecule has 19 heavy (non-hydrogen) atoms. The van der Waals surface area contributed by atoms with Crippen molar-refractivity contribution in [1.82, 2.24) is 15.5 Å². The highest BCUT2D eigenvalue weighted by molar-refractivity contribution is 5.97. The molecular weight excluding hydrogens is 244 g/mol. The van der Waals surface area contributed by atoms with Gasteiger partial charge in [-0.25, -0.2) is 4.79 Å². The van der Waals surface area contributed by atoms with Gasteiger partial charge in [0.05, 0.1) is 6.20 Å². The smallest absolute Gasteiger partial charge is 0.329 e. The molecule has 6 nitrogen and oxygen atoms in total. The van der Waals surface area contributed by atoms with Gasteiger partial charge in [-0.3, -0.25) is 20.0 Å². The van der Waals surface area contributed by atoms with Crippen molar-refractivity contribution in [3.8, 4) is 0 Å². The van der Waals surface area contributed by atoms with Gasteiger partial charge in [0.15, 0.2) is 0 Å². The van der Waals surface area contributed by atoms with Gasteiger partial charge in [-0.2, -0.15) is 0 Å². The third-order valence-electron chi connectivity index (χ3n) is 2.25. The van der Waals surface area contributed by atoms with Gasteiger partial charge in [-0.05, 0) is 19.9 Å². The summed E-state index contributed by atoms with van der Waals surface area (Å²) >= 11 is 0. The fourth-order valence-electron chi connectivity index (χ4n) is 1.37. The molecule has 0 unspecified atom stereocenters. The van der Waals surface area contributed by atoms with E-state index in [1.807, 2.05) is 13.8 Å². The van der Waals surface area contributed by atoms with E-state index in [4.69, 9.17) is 0 Å². The van der Waals surface area contributed by atoms with E-state index in [1.165, 1.54) is 4.90 Å². The molecule has 0 saturated carbocycles. The molecular formula is C13H18N4O2. The number of nitrogens with one attached hydrogen (secondary N) is 2. The Labute approximate surface area is 112 Å². The monoisotopic (exact) mass is 262 g/mol. The topological polar surface area (TPSA) is 73.8 Å². The summed E-state index contributed by atoms with van der Waals surface area (Å²) in [5, 5.41) is 5.21. The Balaban J connectivity index is 2.89. The number of nitrogens with zero attached hydrogens (tertiary/aromatic N) is 2. The number of imide groups is 1. The summed E-state index contributed by atoms with van der Waals surface area (Å²) < 4.78 is 0. The maximum absolute atomic E-state index is 11.7. The summed E-state index contributed by atoms with van der Waals surface area (Å²) in [4.78, 5) is 28.4. The van der Waals surface area contributed by atoms with E-state index in [1.54, 1.807) is 24.6 Å². The third kappa shape index (κ3) is 4.79. The summed E-state index contributed by atoms with van der Waals surface area (Å²) in [6.07, 6.45) is 6.77. The first-order valence-electron chi connectivity index (χ1n) is 5.91. The molecule has 2 N–H and O–H groups in total. The van der Waals surface area contributed by atoms with Crippen molar-refractivity contribution in [3.63, 3.8) is 0 Å². The van der Waals surface area contributed by atoms with E-state index < -0.39 is 6.03 Å². The second kappa shape index (κ2) is 7.15. The highest BCUT2D eigenvalue weighted by Crippen LogP contribution is 2.08. The van der Waals surface area contributed by atoms with E-state index in [0.29, 0.717) is 12.4 Å². The summed E-state index contributed by atoms with van der Waals surface area (Å²) in [6.45, 7) is 7.59. The molecule has 1 rings (SSSR count). The molecule has 0 aliphatic carbocycles. The van der Waals surface area contributed by atoms with Crippen LogP contribution in [0.15, 0.2) is 41.9 Å². The molecule has 0 bridgehead atoms. The Bertz CT molecular complexity index is 459. The van der Waals surface area contributed by atoms with Gasteiger partial charge in [-0.1, -0.05) is 12.7 Å². The first-order chi connectivity index (χ1) is 9.04. The van der Waals surface area contributed by atoms with Crippen LogP contribution in [0.25, 0.3) is 0 Å². The second-order valence-corrected chi connectivity index (χ2v) is 4.08. The average Bonchev–Trinajstić information content (AvgIpc) is 2.34. The molecule has 6 heteroatoms. The number of hydrogen-bond donors (Lipinski definition) is 2. The van der Waals surface area contributed by atoms with Crippen LogP contribution in [-0.4, -0.2) is 29.1 Å². The molecule has 1 saturated heterocycles. The Morgan fingerprint density at radius 1 is 1.47 bits per heavy atom. The Kier molecular flexibility index (Phi) is 5.53. The summed E-state index contributed by atoms with van der Waals surface area (Å²) in [7, 11) is 0. The van der Waals surface area contributed by atoms with Gasteiger partial charge in [0.2, 0.25) is 5.91 Å². The quantitative estimate of drug-likeness (QED) is 0.582. The average molecular weight is 262 g/mol. The summed E-state index contributed by atoms with van der Waals surface area (Å²) in [5.74, 6) is 0.238. The van der Waals surface area contributed by atoms with Crippen molar-refractivity contribution in [2.24, 2.45) is 4.99 Å². The van der Waals surface area contributed by atoms with Crippen molar-refractivity contribution < 1.29 is 9.59 Å². The number of carbonyl (C=O) groups excluding carboxylic acids is 2. The Hall–Kier alpha value is -2.37. The molecule has 102 valence electrons. The lowest BCUT2D eigenvalue weighted by molar-refractivity contribution is -0.121. The van der Waals surface area contributed by atoms with Crippen LogP contribution < -0.4 is 10.6 Å². The maximum Gasteiger partial charge on any atom is 0.329 e. The molecule has 0 aromatic heterocycles. The van der Waals surface area contributed by atoms with Crippen molar-refractivity contribution in [2.45, 2.75) is 20.3 Å². The van der Waals surface area contributed by atoms with Gasteiger partial charge in [0.25, 0.3) is 0 Å². The predicted molar refractivity (Wildman–Crippen MR) is 74.2 cm³/mol. The van der Waals surface area contributed by atoms with Crippen LogP contribution in [-0.2, 0) is 4.79 Å². The van der Waals surface area contributed by atoms with Crippen LogP contribution in [0.3, 0.4) is 0 Å². The van der Waals surface area contributed by atoms with Crippen molar-refractivity contribution >= 4 is 17.6 Å². The van der Waals surface area contributed by atoms with Crippen molar-refractivity contribution in [3.05, 3.63) is 37.0 Å². The molecule has 3 amide bonds. The van der Waals surface area contributed by atoms with E-state index in [-0.39, 0.29) is 12.3 Å². The first kappa shape index (κ1) is 14.7. The zero-order valence-corrected chi connectivity index (χ0v) is 11.1. The number of aliphatic imine (C=N–C) groups is 1. The largest absolute Gasteiger partial charge is 0.347 e. The highest BCUT2D eigenvalue weighted by atomic mass is 16.2. The van der Waals surface area contributed by atoms with Crippen LogP contribution in [0.4, 0.5) is 4.79 Å². The lowest BCUT2D eigenvalue weighted by atomic mass is 10.3. The van der Waals surface area contributed by atoms with E-state index in [2.05, 4.69) is 22.2 Å². The van der Waals surface area contributed by atoms with E-state index in [0.717, 1.165) is 5.71 Å². The normalized spacial score (nSPS) is 16.3. The number of carbonyl (C=O) groups is 2. The minimum absolute atomic E-state index is 0.266. The SMILES string of the molecule is C=C/C=C\N/C(=C\N=C(C)C)N1CCC(=O)NC1=O. The van der Waals surface area contributed by atoms with Crippen LogP contribution in [0.1, 0.15) is 20.3 Å². The highest BCUT2D eigenvalue weighted by Gasteiger charge is 2.25. The first-order valence-corrected chi connectivity index (χ1v) is 5.91. The minimum Gasteiger partial charge on any atom is -0.347 e. The number of urea groups is 1. The van der Waals surface area contributed by atoms with E-state index in [9.17, 15) is 9.59 Å². The minimum atomic E-state index is -0.453. The van der Waals surface area contributed by atoms with Crippen LogP contribution >= 0.6 is 0 Å². The Morgan fingerprint density at radius 3 is 2.79 bits per heavy atom. The molecule has 1 aliphatic heterocycles. The number of amides is 3. The molecule has 0 aromatic carbocycles. The zero-order valence-electron chi connectivity index (χ0n) is 11.1. The fourth-order valence-corrected chi connectivity index (χ4v) is 1.37. The van der Waals surface area contributed by atoms with Crippen molar-refractivity contribution in [2.75, 3.05) is 6.54 Å². The van der Waals surface area contributed by atoms with Gasteiger partial charge in [-0.15, -0.1) is 0 Å². The molecule has 0 atom stereocenters. The lowest BCUT2D eigenvalue weighted by Gasteiger charge is -2.28. The molecule has 1 aliphatic rings. The summed E-state index contributed by atoms with van der Waals surface area (Å²) in [5.41, 5.74) is 0.862. The van der Waals surface area contributed by atoms with Gasteiger partial charge in [0, 0.05) is 24.9 Å². The number of hydrogen-bond acceptors (Lipinski definition) is 4. The maximum atomic E-state index is 11.7. The molecule has 1 heterocycles. The zero-order chi connectivity index (χ0) is 14.3. The van der Waals surface area contributed by atoms with Crippen LogP contribution in [0.5, 0.6) is 0 Å². The molecule has 0 aromatic rings.